The Bertz CT molecular complexity index is 810. The zero-order chi connectivity index (χ0) is 17.1. The fourth-order valence-electron chi connectivity index (χ4n) is 3.18. The van der Waals surface area contributed by atoms with Gasteiger partial charge < -0.3 is 14.6 Å². The van der Waals surface area contributed by atoms with E-state index in [-0.39, 0.29) is 17.2 Å². The van der Waals surface area contributed by atoms with Crippen molar-refractivity contribution in [3.05, 3.63) is 63.6 Å². The van der Waals surface area contributed by atoms with Crippen molar-refractivity contribution in [3.8, 4) is 5.75 Å². The summed E-state index contributed by atoms with van der Waals surface area (Å²) >= 11 is 0. The number of carbonyl (C=O) groups excluding carboxylic acids is 1. The molecule has 1 amide bonds. The molecule has 0 radical (unpaired) electrons. The molecule has 0 aliphatic carbocycles. The standard InChI is InChI=1S/C19H22N2O3/c1-14(22)20-9-5-16-3-2-15(12-17(16)6-10-20)4-8-21-11-7-18(23)13-19(21)24/h2-3,7,11-13,23H,4-6,8-10H2,1H3. The van der Waals surface area contributed by atoms with Crippen LogP contribution in [0.2, 0.25) is 0 Å². The highest BCUT2D eigenvalue weighted by Gasteiger charge is 2.15. The maximum absolute atomic E-state index is 11.8. The minimum absolute atomic E-state index is 0.00342. The fourth-order valence-corrected chi connectivity index (χ4v) is 3.18. The highest BCUT2D eigenvalue weighted by molar-refractivity contribution is 5.73. The van der Waals surface area contributed by atoms with Gasteiger partial charge in [0.2, 0.25) is 5.91 Å². The molecule has 1 aliphatic rings. The Labute approximate surface area is 141 Å². The monoisotopic (exact) mass is 326 g/mol. The van der Waals surface area contributed by atoms with Gasteiger partial charge in [-0.15, -0.1) is 0 Å². The smallest absolute Gasteiger partial charge is 0.254 e. The van der Waals surface area contributed by atoms with Crippen molar-refractivity contribution in [2.45, 2.75) is 32.7 Å². The molecule has 1 aromatic carbocycles. The second kappa shape index (κ2) is 6.91. The SMILES string of the molecule is CC(=O)N1CCc2ccc(CCn3ccc(O)cc3=O)cc2CC1. The van der Waals surface area contributed by atoms with Crippen LogP contribution in [0, 0.1) is 0 Å². The summed E-state index contributed by atoms with van der Waals surface area (Å²) in [6.45, 7) is 3.75. The number of nitrogens with zero attached hydrogens (tertiary/aromatic N) is 2. The number of amides is 1. The van der Waals surface area contributed by atoms with Crippen molar-refractivity contribution >= 4 is 5.91 Å². The Morgan fingerprint density at radius 2 is 1.88 bits per heavy atom. The third-order valence-electron chi connectivity index (χ3n) is 4.64. The molecule has 1 aromatic heterocycles. The first-order valence-electron chi connectivity index (χ1n) is 8.28. The first-order chi connectivity index (χ1) is 11.5. The summed E-state index contributed by atoms with van der Waals surface area (Å²) in [6.07, 6.45) is 4.15. The van der Waals surface area contributed by atoms with Crippen molar-refractivity contribution in [1.82, 2.24) is 9.47 Å². The predicted molar refractivity (Wildman–Crippen MR) is 92.2 cm³/mol. The molecule has 24 heavy (non-hydrogen) atoms. The summed E-state index contributed by atoms with van der Waals surface area (Å²) in [5.74, 6) is 0.131. The minimum Gasteiger partial charge on any atom is -0.508 e. The third kappa shape index (κ3) is 3.67. The fraction of sp³-hybridized carbons (Fsp3) is 0.368. The molecule has 1 N–H and O–H groups in total. The van der Waals surface area contributed by atoms with Gasteiger partial charge in [-0.05, 0) is 42.0 Å². The maximum atomic E-state index is 11.8. The number of aromatic hydroxyl groups is 1. The average molecular weight is 326 g/mol. The van der Waals surface area contributed by atoms with E-state index in [4.69, 9.17) is 0 Å². The van der Waals surface area contributed by atoms with Crippen LogP contribution in [-0.2, 0) is 30.6 Å². The molecule has 0 saturated heterocycles. The number of carbonyl (C=O) groups is 1. The zero-order valence-electron chi connectivity index (χ0n) is 13.9. The second-order valence-electron chi connectivity index (χ2n) is 6.28. The van der Waals surface area contributed by atoms with Gasteiger partial charge in [-0.25, -0.2) is 0 Å². The molecule has 0 fully saturated rings. The van der Waals surface area contributed by atoms with Gasteiger partial charge in [0.1, 0.15) is 5.75 Å². The van der Waals surface area contributed by atoms with Gasteiger partial charge in [-0.2, -0.15) is 0 Å². The Kier molecular flexibility index (Phi) is 4.69. The quantitative estimate of drug-likeness (QED) is 0.934. The number of hydrogen-bond acceptors (Lipinski definition) is 3. The molecule has 5 nitrogen and oxygen atoms in total. The molecule has 2 heterocycles. The Balaban J connectivity index is 1.71. The lowest BCUT2D eigenvalue weighted by Crippen LogP contribution is -2.30. The van der Waals surface area contributed by atoms with E-state index in [1.165, 1.54) is 28.8 Å². The minimum atomic E-state index is -0.193. The van der Waals surface area contributed by atoms with Crippen molar-refractivity contribution in [1.29, 1.82) is 0 Å². The molecule has 0 saturated carbocycles. The van der Waals surface area contributed by atoms with Gasteiger partial charge in [-0.1, -0.05) is 18.2 Å². The first-order valence-corrected chi connectivity index (χ1v) is 8.28. The first kappa shape index (κ1) is 16.3. The lowest BCUT2D eigenvalue weighted by Gasteiger charge is -2.17. The van der Waals surface area contributed by atoms with Gasteiger partial charge >= 0.3 is 0 Å². The van der Waals surface area contributed by atoms with Crippen molar-refractivity contribution in [3.63, 3.8) is 0 Å². The highest BCUT2D eigenvalue weighted by atomic mass is 16.3. The van der Waals surface area contributed by atoms with Gasteiger partial charge in [0.05, 0.1) is 0 Å². The summed E-state index contributed by atoms with van der Waals surface area (Å²) in [5, 5.41) is 9.30. The Morgan fingerprint density at radius 1 is 1.12 bits per heavy atom. The molecule has 1 aliphatic heterocycles. The van der Waals surface area contributed by atoms with E-state index >= 15 is 0 Å². The van der Waals surface area contributed by atoms with Crippen LogP contribution in [0.25, 0.3) is 0 Å². The third-order valence-corrected chi connectivity index (χ3v) is 4.64. The van der Waals surface area contributed by atoms with E-state index < -0.39 is 0 Å². The molecule has 126 valence electrons. The largest absolute Gasteiger partial charge is 0.508 e. The molecular formula is C19H22N2O3. The van der Waals surface area contributed by atoms with Gasteiger partial charge in [0, 0.05) is 38.8 Å². The predicted octanol–water partition coefficient (Wildman–Crippen LogP) is 1.74. The molecular weight excluding hydrogens is 304 g/mol. The van der Waals surface area contributed by atoms with E-state index in [1.807, 2.05) is 4.90 Å². The molecule has 0 unspecified atom stereocenters. The molecule has 0 bridgehead atoms. The summed E-state index contributed by atoms with van der Waals surface area (Å²) in [7, 11) is 0. The topological polar surface area (TPSA) is 62.5 Å². The second-order valence-corrected chi connectivity index (χ2v) is 6.28. The lowest BCUT2D eigenvalue weighted by atomic mass is 9.99. The van der Waals surface area contributed by atoms with Crippen molar-refractivity contribution in [2.75, 3.05) is 13.1 Å². The van der Waals surface area contributed by atoms with Crippen molar-refractivity contribution in [2.24, 2.45) is 0 Å². The van der Waals surface area contributed by atoms with E-state index in [0.29, 0.717) is 6.54 Å². The molecule has 3 rings (SSSR count). The molecule has 0 spiro atoms. The highest BCUT2D eigenvalue weighted by Crippen LogP contribution is 2.18. The molecule has 5 heteroatoms. The van der Waals surface area contributed by atoms with Gasteiger partial charge in [0.25, 0.3) is 5.56 Å². The Morgan fingerprint density at radius 3 is 2.58 bits per heavy atom. The number of hydrogen-bond donors (Lipinski definition) is 1. The number of fused-ring (bicyclic) bond motifs is 1. The van der Waals surface area contributed by atoms with Crippen LogP contribution in [0.15, 0.2) is 41.3 Å². The number of rotatable bonds is 3. The molecule has 0 atom stereocenters. The van der Waals surface area contributed by atoms with E-state index in [0.717, 1.165) is 32.4 Å². The Hall–Kier alpha value is -2.56. The van der Waals surface area contributed by atoms with E-state index in [2.05, 4.69) is 18.2 Å². The van der Waals surface area contributed by atoms with E-state index in [9.17, 15) is 14.7 Å². The number of aromatic nitrogens is 1. The average Bonchev–Trinajstić information content (AvgIpc) is 2.76. The van der Waals surface area contributed by atoms with Gasteiger partial charge in [0.15, 0.2) is 0 Å². The van der Waals surface area contributed by atoms with E-state index in [1.54, 1.807) is 17.7 Å². The summed E-state index contributed by atoms with van der Waals surface area (Å²) in [5.41, 5.74) is 3.60. The van der Waals surface area contributed by atoms with Gasteiger partial charge in [-0.3, -0.25) is 9.59 Å². The summed E-state index contributed by atoms with van der Waals surface area (Å²) in [4.78, 5) is 25.3. The lowest BCUT2D eigenvalue weighted by molar-refractivity contribution is -0.128. The molecule has 2 aromatic rings. The van der Waals surface area contributed by atoms with Crippen LogP contribution in [-0.4, -0.2) is 33.6 Å². The normalized spacial score (nSPS) is 14.1. The number of pyridine rings is 1. The van der Waals surface area contributed by atoms with Crippen molar-refractivity contribution < 1.29 is 9.90 Å². The van der Waals surface area contributed by atoms with Crippen LogP contribution in [0.5, 0.6) is 5.75 Å². The van der Waals surface area contributed by atoms with Crippen LogP contribution in [0.4, 0.5) is 0 Å². The summed E-state index contributed by atoms with van der Waals surface area (Å²) in [6, 6.07) is 9.20. The van der Waals surface area contributed by atoms with Crippen LogP contribution < -0.4 is 5.56 Å². The number of benzene rings is 1. The van der Waals surface area contributed by atoms with Crippen LogP contribution in [0.1, 0.15) is 23.6 Å². The zero-order valence-corrected chi connectivity index (χ0v) is 13.9. The van der Waals surface area contributed by atoms with Crippen LogP contribution in [0.3, 0.4) is 0 Å². The summed E-state index contributed by atoms with van der Waals surface area (Å²) < 4.78 is 1.60. The number of aryl methyl sites for hydroxylation is 2. The maximum Gasteiger partial charge on any atom is 0.254 e. The van der Waals surface area contributed by atoms with Crippen LogP contribution >= 0.6 is 0 Å².